The van der Waals surface area contributed by atoms with E-state index in [9.17, 15) is 8.78 Å². The van der Waals surface area contributed by atoms with Crippen molar-refractivity contribution >= 4 is 0 Å². The van der Waals surface area contributed by atoms with Gasteiger partial charge in [0.05, 0.1) is 6.61 Å². The average molecular weight is 447 g/mol. The lowest BCUT2D eigenvalue weighted by atomic mass is 10.1. The molecule has 0 N–H and O–H groups in total. The van der Waals surface area contributed by atoms with Crippen LogP contribution in [0.3, 0.4) is 0 Å². The normalized spacial score (nSPS) is 12.1. The lowest BCUT2D eigenvalue weighted by molar-refractivity contribution is 0.218. The molecule has 0 aliphatic rings. The number of alkyl halides is 1. The summed E-state index contributed by atoms with van der Waals surface area (Å²) in [4.78, 5) is 8.82. The van der Waals surface area contributed by atoms with Crippen molar-refractivity contribution in [1.82, 2.24) is 9.97 Å². The van der Waals surface area contributed by atoms with E-state index in [1.165, 1.54) is 44.6 Å². The van der Waals surface area contributed by atoms with Gasteiger partial charge in [0.15, 0.2) is 17.4 Å². The number of unbranched alkanes of at least 4 members (excludes halogenated alkanes) is 8. The molecule has 0 bridgehead atoms. The van der Waals surface area contributed by atoms with Crippen LogP contribution in [0.4, 0.5) is 8.78 Å². The molecule has 0 saturated heterocycles. The number of rotatable bonds is 17. The predicted molar refractivity (Wildman–Crippen MR) is 128 cm³/mol. The first-order valence-corrected chi connectivity index (χ1v) is 12.5. The minimum absolute atomic E-state index is 0.144. The van der Waals surface area contributed by atoms with E-state index in [0.29, 0.717) is 17.8 Å². The van der Waals surface area contributed by atoms with E-state index in [1.807, 2.05) is 12.4 Å². The highest BCUT2D eigenvalue weighted by Gasteiger charge is 2.11. The Morgan fingerprint density at radius 1 is 0.844 bits per heavy atom. The lowest BCUT2D eigenvalue weighted by Gasteiger charge is -2.11. The van der Waals surface area contributed by atoms with Gasteiger partial charge in [-0.3, -0.25) is 0 Å². The van der Waals surface area contributed by atoms with E-state index < -0.39 is 12.0 Å². The minimum Gasteiger partial charge on any atom is -0.490 e. The van der Waals surface area contributed by atoms with Crippen LogP contribution in [0.25, 0.3) is 11.4 Å². The third kappa shape index (κ3) is 10.1. The molecule has 32 heavy (non-hydrogen) atoms. The van der Waals surface area contributed by atoms with Crippen molar-refractivity contribution in [3.63, 3.8) is 0 Å². The molecule has 178 valence electrons. The summed E-state index contributed by atoms with van der Waals surface area (Å²) in [5.74, 6) is 0.170. The van der Waals surface area contributed by atoms with Gasteiger partial charge in [0.25, 0.3) is 0 Å². The summed E-state index contributed by atoms with van der Waals surface area (Å²) in [6, 6.07) is 4.71. The van der Waals surface area contributed by atoms with Crippen molar-refractivity contribution in [2.24, 2.45) is 0 Å². The Bertz CT molecular complexity index is 752. The molecular formula is C27H40F2N2O. The van der Waals surface area contributed by atoms with E-state index in [1.54, 1.807) is 12.1 Å². The maximum atomic E-state index is 14.4. The van der Waals surface area contributed by atoms with Crippen LogP contribution < -0.4 is 4.74 Å². The van der Waals surface area contributed by atoms with Gasteiger partial charge in [0.2, 0.25) is 0 Å². The molecule has 5 heteroatoms. The van der Waals surface area contributed by atoms with Crippen LogP contribution in [-0.4, -0.2) is 22.7 Å². The van der Waals surface area contributed by atoms with Gasteiger partial charge < -0.3 is 4.74 Å². The zero-order valence-electron chi connectivity index (χ0n) is 19.9. The first-order valence-electron chi connectivity index (χ1n) is 12.5. The first kappa shape index (κ1) is 26.2. The Hall–Kier alpha value is -2.04. The molecule has 1 aromatic heterocycles. The van der Waals surface area contributed by atoms with Crippen molar-refractivity contribution in [3.05, 3.63) is 42.0 Å². The minimum atomic E-state index is -0.892. The molecule has 2 rings (SSSR count). The fourth-order valence-corrected chi connectivity index (χ4v) is 3.73. The molecule has 0 fully saturated rings. The van der Waals surface area contributed by atoms with Crippen LogP contribution in [0.15, 0.2) is 30.6 Å². The highest BCUT2D eigenvalue weighted by atomic mass is 19.1. The van der Waals surface area contributed by atoms with Gasteiger partial charge in [0.1, 0.15) is 6.17 Å². The van der Waals surface area contributed by atoms with Crippen molar-refractivity contribution in [2.45, 2.75) is 103 Å². The fourth-order valence-electron chi connectivity index (χ4n) is 3.73. The second kappa shape index (κ2) is 15.7. The maximum absolute atomic E-state index is 14.4. The van der Waals surface area contributed by atoms with E-state index >= 15 is 0 Å². The van der Waals surface area contributed by atoms with E-state index in [2.05, 4.69) is 23.8 Å². The molecule has 0 saturated carbocycles. The number of hydrogen-bond acceptors (Lipinski definition) is 3. The first-order chi connectivity index (χ1) is 15.6. The third-order valence-corrected chi connectivity index (χ3v) is 5.77. The Morgan fingerprint density at radius 3 is 2.19 bits per heavy atom. The molecule has 0 radical (unpaired) electrons. The molecule has 3 nitrogen and oxygen atoms in total. The van der Waals surface area contributed by atoms with Crippen LogP contribution in [0.2, 0.25) is 0 Å². The monoisotopic (exact) mass is 446 g/mol. The fraction of sp³-hybridized carbons (Fsp3) is 0.630. The summed E-state index contributed by atoms with van der Waals surface area (Å²) >= 11 is 0. The number of hydrogen-bond donors (Lipinski definition) is 0. The number of nitrogens with zero attached hydrogens (tertiary/aromatic N) is 2. The van der Waals surface area contributed by atoms with E-state index in [4.69, 9.17) is 4.74 Å². The highest BCUT2D eigenvalue weighted by molar-refractivity contribution is 5.56. The Labute approximate surface area is 193 Å². The molecule has 0 aliphatic heterocycles. The molecule has 1 unspecified atom stereocenters. The summed E-state index contributed by atoms with van der Waals surface area (Å²) in [6.45, 7) is 4.51. The summed E-state index contributed by atoms with van der Waals surface area (Å²) in [6.07, 6.45) is 16.5. The van der Waals surface area contributed by atoms with Crippen LogP contribution >= 0.6 is 0 Å². The summed E-state index contributed by atoms with van der Waals surface area (Å²) < 4.78 is 33.7. The molecule has 0 spiro atoms. The average Bonchev–Trinajstić information content (AvgIpc) is 2.80. The van der Waals surface area contributed by atoms with Crippen LogP contribution in [0.1, 0.15) is 96.5 Å². The number of aromatic nitrogens is 2. The van der Waals surface area contributed by atoms with E-state index in [0.717, 1.165) is 37.7 Å². The Morgan fingerprint density at radius 2 is 1.50 bits per heavy atom. The molecule has 1 atom stereocenters. The molecule has 0 amide bonds. The van der Waals surface area contributed by atoms with Crippen molar-refractivity contribution in [2.75, 3.05) is 6.61 Å². The van der Waals surface area contributed by atoms with Crippen molar-refractivity contribution < 1.29 is 13.5 Å². The van der Waals surface area contributed by atoms with Gasteiger partial charge in [0, 0.05) is 24.4 Å². The third-order valence-electron chi connectivity index (χ3n) is 5.77. The molecule has 1 heterocycles. The van der Waals surface area contributed by atoms with Gasteiger partial charge in [-0.1, -0.05) is 71.6 Å². The van der Waals surface area contributed by atoms with Gasteiger partial charge >= 0.3 is 0 Å². The second-order valence-electron chi connectivity index (χ2n) is 8.66. The van der Waals surface area contributed by atoms with Crippen molar-refractivity contribution in [3.8, 4) is 17.1 Å². The highest BCUT2D eigenvalue weighted by Crippen LogP contribution is 2.24. The predicted octanol–water partition coefficient (Wildman–Crippen LogP) is 8.26. The van der Waals surface area contributed by atoms with Crippen molar-refractivity contribution in [1.29, 1.82) is 0 Å². The summed E-state index contributed by atoms with van der Waals surface area (Å²) in [5.41, 5.74) is 1.72. The topological polar surface area (TPSA) is 35.0 Å². The zero-order chi connectivity index (χ0) is 23.0. The van der Waals surface area contributed by atoms with Gasteiger partial charge in [-0.05, 0) is 43.0 Å². The zero-order valence-corrected chi connectivity index (χ0v) is 19.9. The van der Waals surface area contributed by atoms with Gasteiger partial charge in [-0.15, -0.1) is 0 Å². The standard InChI is InChI=1S/C27H40F2N2O/c1-3-5-7-8-9-10-12-13-22-20-30-27(31-21-22)23-15-16-26(25(29)19-23)32-18-17-24(28)14-11-6-4-2/h15-16,19-21,24H,3-14,17-18H2,1-2H3. The molecule has 0 aliphatic carbocycles. The number of aryl methyl sites for hydroxylation is 1. The number of halogens is 2. The molecule has 2 aromatic rings. The smallest absolute Gasteiger partial charge is 0.165 e. The Balaban J connectivity index is 1.75. The van der Waals surface area contributed by atoms with E-state index in [-0.39, 0.29) is 18.8 Å². The largest absolute Gasteiger partial charge is 0.490 e. The SMILES string of the molecule is CCCCCCCCCc1cnc(-c2ccc(OCCC(F)CCCCC)c(F)c2)nc1. The molecule has 1 aromatic carbocycles. The second-order valence-corrected chi connectivity index (χ2v) is 8.66. The Kier molecular flexibility index (Phi) is 12.9. The van der Waals surface area contributed by atoms with Crippen LogP contribution in [-0.2, 0) is 6.42 Å². The summed E-state index contributed by atoms with van der Waals surface area (Å²) in [7, 11) is 0. The quantitative estimate of drug-likeness (QED) is 0.229. The number of ether oxygens (including phenoxy) is 1. The van der Waals surface area contributed by atoms with Gasteiger partial charge in [-0.25, -0.2) is 18.7 Å². The molecular weight excluding hydrogens is 406 g/mol. The van der Waals surface area contributed by atoms with Gasteiger partial charge in [-0.2, -0.15) is 0 Å². The van der Waals surface area contributed by atoms with Crippen LogP contribution in [0.5, 0.6) is 5.75 Å². The lowest BCUT2D eigenvalue weighted by Crippen LogP contribution is -2.08. The number of benzene rings is 1. The van der Waals surface area contributed by atoms with Crippen LogP contribution in [0, 0.1) is 5.82 Å². The maximum Gasteiger partial charge on any atom is 0.165 e. The summed E-state index contributed by atoms with van der Waals surface area (Å²) in [5, 5.41) is 0.